The number of hydrogen-bond acceptors (Lipinski definition) is 7. The van der Waals surface area contributed by atoms with Gasteiger partial charge < -0.3 is 14.5 Å². The van der Waals surface area contributed by atoms with Crippen LogP contribution in [-0.4, -0.2) is 111 Å². The first-order chi connectivity index (χ1) is 28.9. The number of nitrogens with one attached hydrogen (secondary N) is 1. The second-order valence-electron chi connectivity index (χ2n) is 16.2. The zero-order chi connectivity index (χ0) is 43.4. The van der Waals surface area contributed by atoms with Crippen LogP contribution in [0.3, 0.4) is 0 Å². The largest absolute Gasteiger partial charge is 0.416 e. The first-order valence-corrected chi connectivity index (χ1v) is 20.0. The Labute approximate surface area is 344 Å². The van der Waals surface area contributed by atoms with Crippen LogP contribution in [0.5, 0.6) is 0 Å². The summed E-state index contributed by atoms with van der Waals surface area (Å²) < 4.78 is 132. The minimum absolute atomic E-state index is 0.0131. The van der Waals surface area contributed by atoms with E-state index in [2.05, 4.69) is 15.3 Å². The van der Waals surface area contributed by atoms with Crippen molar-refractivity contribution < 1.29 is 53.8 Å². The van der Waals surface area contributed by atoms with Crippen LogP contribution in [0.4, 0.5) is 39.5 Å². The summed E-state index contributed by atoms with van der Waals surface area (Å²) in [4.78, 5) is 33.7. The van der Waals surface area contributed by atoms with E-state index in [0.717, 1.165) is 17.0 Å². The number of aromatic nitrogens is 4. The number of aromatic amines is 1. The van der Waals surface area contributed by atoms with Gasteiger partial charge in [0.05, 0.1) is 41.5 Å². The minimum Gasteiger partial charge on any atom is -0.369 e. The molecule has 8 rings (SSSR count). The van der Waals surface area contributed by atoms with Crippen LogP contribution < -0.4 is 0 Å². The van der Waals surface area contributed by atoms with Crippen LogP contribution in [-0.2, 0) is 43.1 Å². The van der Waals surface area contributed by atoms with Gasteiger partial charge in [0.15, 0.2) is 11.4 Å². The maximum Gasteiger partial charge on any atom is 0.416 e. The summed E-state index contributed by atoms with van der Waals surface area (Å²) in [7, 11) is 1.52. The van der Waals surface area contributed by atoms with Crippen LogP contribution in [0, 0.1) is 0 Å². The minimum atomic E-state index is -4.78. The Morgan fingerprint density at radius 2 is 1.33 bits per heavy atom. The van der Waals surface area contributed by atoms with Gasteiger partial charge in [0.25, 0.3) is 11.8 Å². The predicted octanol–water partition coefficient (Wildman–Crippen LogP) is 7.51. The van der Waals surface area contributed by atoms with Crippen molar-refractivity contribution in [1.29, 1.82) is 0 Å². The fourth-order valence-electron chi connectivity index (χ4n) is 9.37. The Morgan fingerprint density at radius 1 is 0.721 bits per heavy atom. The number of ether oxygens (including phenoxy) is 1. The molecule has 0 radical (unpaired) electrons. The van der Waals surface area contributed by atoms with Crippen molar-refractivity contribution in [2.24, 2.45) is 0 Å². The fraction of sp³-hybridized carbons (Fsp3) is 0.512. The van der Waals surface area contributed by atoms with Gasteiger partial charge in [-0.2, -0.15) is 49.7 Å². The Bertz CT molecular complexity index is 2270. The summed E-state index contributed by atoms with van der Waals surface area (Å²) in [6, 6.07) is 9.39. The molecule has 2 aromatic heterocycles. The number of nitrogens with zero attached hydrogens (tertiary/aromatic N) is 7. The molecule has 2 saturated heterocycles. The Balaban J connectivity index is 1.01. The van der Waals surface area contributed by atoms with Gasteiger partial charge in [0.2, 0.25) is 0 Å². The molecular weight excluding hydrogens is 823 g/mol. The molecule has 0 spiro atoms. The molecule has 6 heterocycles. The van der Waals surface area contributed by atoms with Crippen LogP contribution in [0.15, 0.2) is 42.5 Å². The van der Waals surface area contributed by atoms with E-state index in [1.54, 1.807) is 11.0 Å². The molecule has 4 aliphatic heterocycles. The van der Waals surface area contributed by atoms with Gasteiger partial charge in [-0.05, 0) is 73.3 Å². The van der Waals surface area contributed by atoms with Crippen molar-refractivity contribution in [2.75, 3.05) is 53.1 Å². The lowest BCUT2D eigenvalue weighted by Crippen LogP contribution is -2.39. The maximum atomic E-state index is 14.9. The number of amides is 2. The molecule has 0 saturated carbocycles. The smallest absolute Gasteiger partial charge is 0.369 e. The number of halogens is 9. The molecule has 2 aromatic carbocycles. The van der Waals surface area contributed by atoms with E-state index >= 15 is 0 Å². The van der Waals surface area contributed by atoms with Crippen molar-refractivity contribution >= 4 is 11.8 Å². The first kappa shape index (κ1) is 42.7. The highest BCUT2D eigenvalue weighted by Gasteiger charge is 2.41. The van der Waals surface area contributed by atoms with E-state index in [9.17, 15) is 49.1 Å². The number of H-pyrrole nitrogens is 1. The number of methoxy groups -OCH3 is 1. The van der Waals surface area contributed by atoms with E-state index in [1.807, 2.05) is 4.90 Å². The Morgan fingerprint density at radius 3 is 1.93 bits per heavy atom. The molecule has 61 heavy (non-hydrogen) atoms. The molecule has 20 heteroatoms. The lowest BCUT2D eigenvalue weighted by molar-refractivity contribution is -0.147. The highest BCUT2D eigenvalue weighted by Crippen LogP contribution is 2.42. The lowest BCUT2D eigenvalue weighted by Gasteiger charge is -2.33. The van der Waals surface area contributed by atoms with Gasteiger partial charge in [0.1, 0.15) is 0 Å². The van der Waals surface area contributed by atoms with Crippen LogP contribution in [0.25, 0.3) is 5.69 Å². The second kappa shape index (κ2) is 16.4. The van der Waals surface area contributed by atoms with E-state index in [0.29, 0.717) is 48.3 Å². The predicted molar refractivity (Wildman–Crippen MR) is 201 cm³/mol. The van der Waals surface area contributed by atoms with Crippen molar-refractivity contribution in [2.45, 2.75) is 82.1 Å². The summed E-state index contributed by atoms with van der Waals surface area (Å²) in [5, 5.41) is 11.4. The summed E-state index contributed by atoms with van der Waals surface area (Å²) in [5.41, 5.74) is 0.767. The number of carbonyl (C=O) groups excluding carboxylic acids is 2. The standard InChI is InChI=1S/C41H43F9N8O3/c1-61-23-54-13-12-29-34(21-54)58(53-36(29)38(60)57-16-8-24(9-17-57)27-4-2-3-5-31(27)40(45,46)47)26-6-7-28(32(18-26)41(48,49)50)25-10-14-56(15-11-25)37(59)35-30-19-55(22-39(42,43)44)20-33(30)51-52-35/h2-7,18,24-25H,8-17,19-23H2,1H3,(H,51,52). The number of piperidine rings is 2. The number of benzene rings is 2. The quantitative estimate of drug-likeness (QED) is 0.183. The molecule has 0 aliphatic carbocycles. The molecule has 0 bridgehead atoms. The first-order valence-electron chi connectivity index (χ1n) is 20.0. The number of carbonyl (C=O) groups is 2. The van der Waals surface area contributed by atoms with Gasteiger partial charge in [-0.1, -0.05) is 24.3 Å². The molecule has 0 atom stereocenters. The topological polar surface area (TPSA) is 103 Å². The molecule has 2 fully saturated rings. The molecule has 11 nitrogen and oxygen atoms in total. The van der Waals surface area contributed by atoms with Crippen molar-refractivity contribution in [3.63, 3.8) is 0 Å². The normalized spacial score (nSPS) is 18.8. The third-order valence-electron chi connectivity index (χ3n) is 12.3. The monoisotopic (exact) mass is 866 g/mol. The molecule has 2 amide bonds. The number of hydrogen-bond donors (Lipinski definition) is 1. The van der Waals surface area contributed by atoms with Crippen molar-refractivity contribution in [3.8, 4) is 5.69 Å². The Kier molecular flexibility index (Phi) is 11.5. The summed E-state index contributed by atoms with van der Waals surface area (Å²) in [5.74, 6) is -1.93. The maximum absolute atomic E-state index is 14.9. The van der Waals surface area contributed by atoms with Gasteiger partial charge >= 0.3 is 18.5 Å². The summed E-state index contributed by atoms with van der Waals surface area (Å²) in [6.45, 7) is 0.238. The molecular formula is C41H43F9N8O3. The van der Waals surface area contributed by atoms with E-state index < -0.39 is 59.9 Å². The molecule has 328 valence electrons. The third-order valence-corrected chi connectivity index (χ3v) is 12.3. The zero-order valence-electron chi connectivity index (χ0n) is 33.1. The highest BCUT2D eigenvalue weighted by molar-refractivity contribution is 5.95. The second-order valence-corrected chi connectivity index (χ2v) is 16.2. The van der Waals surface area contributed by atoms with Gasteiger partial charge in [-0.25, -0.2) is 4.68 Å². The van der Waals surface area contributed by atoms with Crippen LogP contribution in [0.1, 0.15) is 103 Å². The number of alkyl halides is 9. The van der Waals surface area contributed by atoms with E-state index in [4.69, 9.17) is 4.74 Å². The third kappa shape index (κ3) is 8.75. The fourth-order valence-corrected chi connectivity index (χ4v) is 9.37. The van der Waals surface area contributed by atoms with Crippen LogP contribution in [0.2, 0.25) is 0 Å². The molecule has 1 N–H and O–H groups in total. The van der Waals surface area contributed by atoms with Gasteiger partial charge in [-0.3, -0.25) is 24.5 Å². The number of likely N-dealkylation sites (tertiary alicyclic amines) is 2. The van der Waals surface area contributed by atoms with Gasteiger partial charge in [-0.15, -0.1) is 0 Å². The summed E-state index contributed by atoms with van der Waals surface area (Å²) >= 11 is 0. The lowest BCUT2D eigenvalue weighted by atomic mass is 9.86. The Hall–Kier alpha value is -4.95. The van der Waals surface area contributed by atoms with Gasteiger partial charge in [0, 0.05) is 70.6 Å². The average Bonchev–Trinajstić information content (AvgIpc) is 3.92. The average molecular weight is 867 g/mol. The molecule has 4 aromatic rings. The zero-order valence-corrected chi connectivity index (χ0v) is 33.1. The van der Waals surface area contributed by atoms with E-state index in [1.165, 1.54) is 41.0 Å². The number of rotatable bonds is 8. The summed E-state index contributed by atoms with van der Waals surface area (Å²) in [6.07, 6.45) is -12.4. The van der Waals surface area contributed by atoms with Crippen LogP contribution >= 0.6 is 0 Å². The molecule has 0 unspecified atom stereocenters. The van der Waals surface area contributed by atoms with Crippen molar-refractivity contribution in [3.05, 3.63) is 98.6 Å². The number of fused-ring (bicyclic) bond motifs is 2. The highest BCUT2D eigenvalue weighted by atomic mass is 19.4. The SMILES string of the molecule is COCN1CCc2c(C(=O)N3CCC(c4ccccc4C(F)(F)F)CC3)nn(-c3ccc(C4CCN(C(=O)c5n[nH]c6c5CN(CC(F)(F)F)C6)CC4)c(C(F)(F)F)c3)c2C1. The molecule has 4 aliphatic rings. The van der Waals surface area contributed by atoms with E-state index in [-0.39, 0.29) is 93.6 Å². The van der Waals surface area contributed by atoms with Crippen molar-refractivity contribution in [1.82, 2.24) is 39.6 Å².